The highest BCUT2D eigenvalue weighted by Crippen LogP contribution is 2.59. The second kappa shape index (κ2) is 9.48. The van der Waals surface area contributed by atoms with Gasteiger partial charge in [-0.25, -0.2) is 0 Å². The van der Waals surface area contributed by atoms with E-state index in [4.69, 9.17) is 18.9 Å². The summed E-state index contributed by atoms with van der Waals surface area (Å²) in [6, 6.07) is 8.61. The van der Waals surface area contributed by atoms with E-state index in [1.807, 2.05) is 0 Å². The predicted molar refractivity (Wildman–Crippen MR) is 148 cm³/mol. The van der Waals surface area contributed by atoms with Crippen LogP contribution in [0.3, 0.4) is 0 Å². The van der Waals surface area contributed by atoms with Gasteiger partial charge in [0.15, 0.2) is 11.5 Å². The maximum absolute atomic E-state index is 12.6. The number of carbonyl (C=O) groups excluding carboxylic acids is 1. The molecule has 0 saturated heterocycles. The monoisotopic (exact) mass is 527 g/mol. The first-order chi connectivity index (χ1) is 19.0. The van der Waals surface area contributed by atoms with Gasteiger partial charge in [-0.05, 0) is 98.2 Å². The summed E-state index contributed by atoms with van der Waals surface area (Å²) >= 11 is 0. The number of carbonyl (C=O) groups is 1. The van der Waals surface area contributed by atoms with E-state index in [0.29, 0.717) is 35.9 Å². The summed E-state index contributed by atoms with van der Waals surface area (Å²) in [7, 11) is 3.77. The fraction of sp³-hybridized carbons (Fsp3) is 0.545. The Hall–Kier alpha value is -3.17. The molecule has 0 unspecified atom stereocenters. The molecule has 3 aliphatic carbocycles. The third-order valence-electron chi connectivity index (χ3n) is 10.4. The standard InChI is InChI=1S/C33H37NO5/c1-33-14-12-24-23-9-7-22(17-20(23)6-8-25(24)26(33)10-11-29(33)35)37-16-4-5-27-30-21(13-15-34(27)2)18-28-31(32(30)36-3)39-19-38-28/h7,9,17-18,24-27H,6,8,10-16,19H2,1-3H3/t24-,25-,26+,27-,33+/m1/s1. The van der Waals surface area contributed by atoms with Crippen LogP contribution in [0.15, 0.2) is 24.3 Å². The van der Waals surface area contributed by atoms with Gasteiger partial charge in [0.05, 0.1) is 7.11 Å². The highest BCUT2D eigenvalue weighted by Gasteiger charge is 2.54. The highest BCUT2D eigenvalue weighted by atomic mass is 16.7. The Kier molecular flexibility index (Phi) is 6.04. The molecule has 5 atom stereocenters. The molecule has 0 spiro atoms. The van der Waals surface area contributed by atoms with Crippen LogP contribution in [-0.4, -0.2) is 44.8 Å². The van der Waals surface area contributed by atoms with Gasteiger partial charge in [-0.1, -0.05) is 24.8 Å². The number of nitrogens with zero attached hydrogens (tertiary/aromatic N) is 1. The van der Waals surface area contributed by atoms with Gasteiger partial charge in [0.1, 0.15) is 24.2 Å². The molecular weight excluding hydrogens is 490 g/mol. The summed E-state index contributed by atoms with van der Waals surface area (Å²) in [5.41, 5.74) is 5.10. The van der Waals surface area contributed by atoms with Gasteiger partial charge < -0.3 is 18.9 Å². The maximum atomic E-state index is 12.6. The van der Waals surface area contributed by atoms with Gasteiger partial charge >= 0.3 is 0 Å². The van der Waals surface area contributed by atoms with Crippen molar-refractivity contribution in [1.82, 2.24) is 4.90 Å². The number of hydrogen-bond donors (Lipinski definition) is 0. The molecule has 2 saturated carbocycles. The van der Waals surface area contributed by atoms with Gasteiger partial charge in [0, 0.05) is 23.9 Å². The number of likely N-dealkylation sites (N-methyl/N-ethyl adjacent to an activating group) is 1. The van der Waals surface area contributed by atoms with Crippen molar-refractivity contribution in [2.45, 2.75) is 63.8 Å². The van der Waals surface area contributed by atoms with Crippen molar-refractivity contribution in [3.05, 3.63) is 46.5 Å². The number of methoxy groups -OCH3 is 1. The van der Waals surface area contributed by atoms with Crippen LogP contribution >= 0.6 is 0 Å². The Balaban J connectivity index is 1.06. The van der Waals surface area contributed by atoms with E-state index in [-0.39, 0.29) is 18.2 Å². The smallest absolute Gasteiger partial charge is 0.231 e. The second-order valence-electron chi connectivity index (χ2n) is 12.2. The molecule has 7 rings (SSSR count). The van der Waals surface area contributed by atoms with Crippen LogP contribution in [0.1, 0.15) is 73.2 Å². The molecule has 0 N–H and O–H groups in total. The van der Waals surface area contributed by atoms with E-state index < -0.39 is 0 Å². The van der Waals surface area contributed by atoms with Crippen LogP contribution in [0.2, 0.25) is 0 Å². The molecule has 5 aliphatic rings. The third kappa shape index (κ3) is 3.92. The van der Waals surface area contributed by atoms with Crippen molar-refractivity contribution in [3.63, 3.8) is 0 Å². The number of ether oxygens (including phenoxy) is 4. The predicted octanol–water partition coefficient (Wildman–Crippen LogP) is 5.46. The number of rotatable bonds is 3. The first kappa shape index (κ1) is 24.8. The van der Waals surface area contributed by atoms with Crippen LogP contribution in [0.4, 0.5) is 0 Å². The summed E-state index contributed by atoms with van der Waals surface area (Å²) < 4.78 is 23.3. The van der Waals surface area contributed by atoms with E-state index in [1.54, 1.807) is 7.11 Å². The average Bonchev–Trinajstić information content (AvgIpc) is 3.54. The lowest BCUT2D eigenvalue weighted by atomic mass is 9.55. The highest BCUT2D eigenvalue weighted by molar-refractivity contribution is 5.87. The minimum absolute atomic E-state index is 0.0713. The Labute approximate surface area is 230 Å². The van der Waals surface area contributed by atoms with Crippen molar-refractivity contribution in [2.75, 3.05) is 34.1 Å². The van der Waals surface area contributed by atoms with Crippen molar-refractivity contribution >= 4 is 5.78 Å². The summed E-state index contributed by atoms with van der Waals surface area (Å²) in [6.45, 7) is 3.71. The van der Waals surface area contributed by atoms with E-state index in [0.717, 1.165) is 67.9 Å². The first-order valence-electron chi connectivity index (χ1n) is 14.4. The third-order valence-corrected chi connectivity index (χ3v) is 10.4. The maximum Gasteiger partial charge on any atom is 0.231 e. The molecule has 6 nitrogen and oxygen atoms in total. The normalized spacial score (nSPS) is 30.4. The summed E-state index contributed by atoms with van der Waals surface area (Å²) in [6.07, 6.45) is 7.20. The van der Waals surface area contributed by atoms with Crippen molar-refractivity contribution in [1.29, 1.82) is 0 Å². The molecule has 0 radical (unpaired) electrons. The number of aryl methyl sites for hydroxylation is 1. The molecule has 0 amide bonds. The zero-order chi connectivity index (χ0) is 26.7. The quantitative estimate of drug-likeness (QED) is 0.494. The molecule has 2 aromatic rings. The number of fused-ring (bicyclic) bond motifs is 7. The van der Waals surface area contributed by atoms with E-state index in [1.165, 1.54) is 23.1 Å². The van der Waals surface area contributed by atoms with Gasteiger partial charge in [-0.15, -0.1) is 0 Å². The largest absolute Gasteiger partial charge is 0.492 e. The van der Waals surface area contributed by atoms with Crippen LogP contribution in [-0.2, 0) is 17.6 Å². The topological polar surface area (TPSA) is 57.2 Å². The minimum Gasteiger partial charge on any atom is -0.492 e. The number of hydrogen-bond acceptors (Lipinski definition) is 6. The van der Waals surface area contributed by atoms with Gasteiger partial charge in [-0.2, -0.15) is 0 Å². The molecule has 2 heterocycles. The van der Waals surface area contributed by atoms with Gasteiger partial charge in [0.25, 0.3) is 0 Å². The number of ketones is 1. The lowest BCUT2D eigenvalue weighted by Crippen LogP contribution is -2.42. The van der Waals surface area contributed by atoms with Crippen molar-refractivity contribution in [2.24, 2.45) is 17.3 Å². The van der Waals surface area contributed by atoms with Crippen LogP contribution < -0.4 is 18.9 Å². The lowest BCUT2D eigenvalue weighted by molar-refractivity contribution is -0.129. The molecule has 0 bridgehead atoms. The molecule has 204 valence electrons. The summed E-state index contributed by atoms with van der Waals surface area (Å²) in [5.74, 6) is 12.1. The fourth-order valence-corrected chi connectivity index (χ4v) is 8.29. The van der Waals surface area contributed by atoms with Crippen molar-refractivity contribution in [3.8, 4) is 34.8 Å². The Morgan fingerprint density at radius 3 is 2.87 bits per heavy atom. The van der Waals surface area contributed by atoms with E-state index in [9.17, 15) is 4.79 Å². The first-order valence-corrected chi connectivity index (χ1v) is 14.4. The summed E-state index contributed by atoms with van der Waals surface area (Å²) in [4.78, 5) is 14.9. The fourth-order valence-electron chi connectivity index (χ4n) is 8.29. The molecule has 2 fully saturated rings. The number of Topliss-reactive ketones (excluding diaryl/α,β-unsaturated/α-hetero) is 1. The average molecular weight is 528 g/mol. The second-order valence-corrected chi connectivity index (χ2v) is 12.2. The zero-order valence-electron chi connectivity index (χ0n) is 23.2. The van der Waals surface area contributed by atoms with E-state index >= 15 is 0 Å². The van der Waals surface area contributed by atoms with Crippen molar-refractivity contribution < 1.29 is 23.7 Å². The van der Waals surface area contributed by atoms with Crippen LogP contribution in [0.5, 0.6) is 23.0 Å². The molecular formula is C33H37NO5. The van der Waals surface area contributed by atoms with Crippen LogP contribution in [0.25, 0.3) is 0 Å². The van der Waals surface area contributed by atoms with Gasteiger partial charge in [-0.3, -0.25) is 9.69 Å². The zero-order valence-corrected chi connectivity index (χ0v) is 23.2. The SMILES string of the molecule is COc1c2c(cc3c1[C@@H](C#CCOc1ccc4c(c1)CC[C@@H]1[C@@H]4CC[C@]4(C)C(=O)CC[C@@H]14)N(C)CC3)OCO2. The Bertz CT molecular complexity index is 1390. The Morgan fingerprint density at radius 1 is 1.10 bits per heavy atom. The minimum atomic E-state index is -0.0956. The molecule has 0 aromatic heterocycles. The molecule has 39 heavy (non-hydrogen) atoms. The number of benzene rings is 2. The molecule has 6 heteroatoms. The Morgan fingerprint density at radius 2 is 2.00 bits per heavy atom. The van der Waals surface area contributed by atoms with E-state index in [2.05, 4.69) is 55.0 Å². The molecule has 2 aliphatic heterocycles. The summed E-state index contributed by atoms with van der Waals surface area (Å²) in [5, 5.41) is 0. The van der Waals surface area contributed by atoms with Gasteiger partial charge in [0.2, 0.25) is 12.5 Å². The van der Waals surface area contributed by atoms with Crippen LogP contribution in [0, 0.1) is 29.1 Å². The molecule has 2 aromatic carbocycles. The lowest BCUT2D eigenvalue weighted by Gasteiger charge is -2.48.